The summed E-state index contributed by atoms with van der Waals surface area (Å²) >= 11 is 0. The lowest BCUT2D eigenvalue weighted by molar-refractivity contribution is -0.160. The standard InChI is InChI=1S/C8H14O4.C8H10O2/c1-4-11-7(9)6(3)8(10)12-5-2;1-9-7-5-3-4-6-8(7)10-2/h6H,4-5H2,1-3H3;3-6H,1-2H3. The van der Waals surface area contributed by atoms with Crippen LogP contribution in [0.2, 0.25) is 0 Å². The van der Waals surface area contributed by atoms with Crippen LogP contribution in [0.4, 0.5) is 0 Å². The van der Waals surface area contributed by atoms with Gasteiger partial charge in [0.1, 0.15) is 0 Å². The van der Waals surface area contributed by atoms with Crippen LogP contribution in [0.5, 0.6) is 11.5 Å². The largest absolute Gasteiger partial charge is 0.493 e. The van der Waals surface area contributed by atoms with Gasteiger partial charge in [-0.1, -0.05) is 12.1 Å². The first-order valence-corrected chi connectivity index (χ1v) is 7.01. The van der Waals surface area contributed by atoms with Crippen LogP contribution >= 0.6 is 0 Å². The Morgan fingerprint density at radius 2 is 1.27 bits per heavy atom. The van der Waals surface area contributed by atoms with Gasteiger partial charge in [-0.3, -0.25) is 9.59 Å². The molecule has 0 bridgehead atoms. The fourth-order valence-electron chi connectivity index (χ4n) is 1.42. The molecule has 22 heavy (non-hydrogen) atoms. The van der Waals surface area contributed by atoms with Gasteiger partial charge in [0.25, 0.3) is 0 Å². The van der Waals surface area contributed by atoms with Crippen LogP contribution in [0.1, 0.15) is 20.8 Å². The summed E-state index contributed by atoms with van der Waals surface area (Å²) in [5.74, 6) is -0.341. The highest BCUT2D eigenvalue weighted by Gasteiger charge is 2.23. The predicted molar refractivity (Wildman–Crippen MR) is 82.0 cm³/mol. The molecule has 1 rings (SSSR count). The molecule has 6 nitrogen and oxygen atoms in total. The highest BCUT2D eigenvalue weighted by atomic mass is 16.6. The third-order valence-corrected chi connectivity index (χ3v) is 2.57. The molecule has 0 heterocycles. The van der Waals surface area contributed by atoms with E-state index < -0.39 is 17.9 Å². The van der Waals surface area contributed by atoms with E-state index in [1.54, 1.807) is 28.1 Å². The number of methoxy groups -OCH3 is 2. The molecular formula is C16H24O6. The van der Waals surface area contributed by atoms with Gasteiger partial charge in [0.2, 0.25) is 0 Å². The van der Waals surface area contributed by atoms with Crippen molar-refractivity contribution in [2.75, 3.05) is 27.4 Å². The Labute approximate surface area is 131 Å². The number of hydrogen-bond acceptors (Lipinski definition) is 6. The van der Waals surface area contributed by atoms with Gasteiger partial charge in [0.15, 0.2) is 17.4 Å². The lowest BCUT2D eigenvalue weighted by Gasteiger charge is -2.08. The Balaban J connectivity index is 0.000000406. The van der Waals surface area contributed by atoms with Gasteiger partial charge in [-0.25, -0.2) is 0 Å². The second kappa shape index (κ2) is 11.4. The molecule has 0 aliphatic rings. The van der Waals surface area contributed by atoms with E-state index in [-0.39, 0.29) is 13.2 Å². The third-order valence-electron chi connectivity index (χ3n) is 2.57. The van der Waals surface area contributed by atoms with Crippen molar-refractivity contribution in [1.82, 2.24) is 0 Å². The monoisotopic (exact) mass is 312 g/mol. The Morgan fingerprint density at radius 1 is 0.909 bits per heavy atom. The van der Waals surface area contributed by atoms with E-state index in [1.165, 1.54) is 6.92 Å². The minimum Gasteiger partial charge on any atom is -0.493 e. The maximum Gasteiger partial charge on any atom is 0.320 e. The van der Waals surface area contributed by atoms with Crippen molar-refractivity contribution >= 4 is 11.9 Å². The van der Waals surface area contributed by atoms with Crippen LogP contribution in [0.15, 0.2) is 24.3 Å². The number of hydrogen-bond donors (Lipinski definition) is 0. The molecule has 6 heteroatoms. The van der Waals surface area contributed by atoms with E-state index in [0.717, 1.165) is 11.5 Å². The Morgan fingerprint density at radius 3 is 1.55 bits per heavy atom. The topological polar surface area (TPSA) is 71.1 Å². The lowest BCUT2D eigenvalue weighted by atomic mass is 10.2. The van der Waals surface area contributed by atoms with Crippen LogP contribution in [0, 0.1) is 5.92 Å². The second-order valence-corrected chi connectivity index (χ2v) is 4.08. The molecule has 0 atom stereocenters. The van der Waals surface area contributed by atoms with Crippen molar-refractivity contribution < 1.29 is 28.5 Å². The van der Waals surface area contributed by atoms with Gasteiger partial charge in [0.05, 0.1) is 27.4 Å². The predicted octanol–water partition coefficient (Wildman–Crippen LogP) is 2.45. The van der Waals surface area contributed by atoms with Crippen LogP contribution in [-0.4, -0.2) is 39.4 Å². The maximum absolute atomic E-state index is 10.9. The molecule has 0 saturated heterocycles. The minimum absolute atomic E-state index is 0.280. The zero-order chi connectivity index (χ0) is 17.0. The van der Waals surface area contributed by atoms with Gasteiger partial charge in [-0.05, 0) is 32.9 Å². The van der Waals surface area contributed by atoms with Crippen molar-refractivity contribution in [1.29, 1.82) is 0 Å². The molecule has 0 unspecified atom stereocenters. The Kier molecular flexibility index (Phi) is 10.3. The van der Waals surface area contributed by atoms with Crippen LogP contribution in [-0.2, 0) is 19.1 Å². The zero-order valence-corrected chi connectivity index (χ0v) is 13.8. The van der Waals surface area contributed by atoms with Gasteiger partial charge in [0, 0.05) is 0 Å². The first-order valence-electron chi connectivity index (χ1n) is 7.01. The highest BCUT2D eigenvalue weighted by Crippen LogP contribution is 2.24. The van der Waals surface area contributed by atoms with Crippen molar-refractivity contribution in [3.63, 3.8) is 0 Å². The molecule has 0 spiro atoms. The molecule has 1 aromatic rings. The van der Waals surface area contributed by atoms with Gasteiger partial charge < -0.3 is 18.9 Å². The van der Waals surface area contributed by atoms with Gasteiger partial charge >= 0.3 is 11.9 Å². The van der Waals surface area contributed by atoms with E-state index in [2.05, 4.69) is 9.47 Å². The Bertz CT molecular complexity index is 417. The second-order valence-electron chi connectivity index (χ2n) is 4.08. The molecule has 1 aromatic carbocycles. The normalized spacial score (nSPS) is 9.36. The maximum atomic E-state index is 10.9. The van der Waals surface area contributed by atoms with Gasteiger partial charge in [-0.2, -0.15) is 0 Å². The molecule has 0 amide bonds. The summed E-state index contributed by atoms with van der Waals surface area (Å²) in [6.07, 6.45) is 0. The highest BCUT2D eigenvalue weighted by molar-refractivity contribution is 5.94. The summed E-state index contributed by atoms with van der Waals surface area (Å²) in [6, 6.07) is 7.53. The summed E-state index contributed by atoms with van der Waals surface area (Å²) in [5.41, 5.74) is 0. The molecule has 0 aliphatic carbocycles. The number of carbonyl (C=O) groups excluding carboxylic acids is 2. The fraction of sp³-hybridized carbons (Fsp3) is 0.500. The number of para-hydroxylation sites is 2. The van der Waals surface area contributed by atoms with E-state index in [0.29, 0.717) is 0 Å². The van der Waals surface area contributed by atoms with Crippen LogP contribution in [0.3, 0.4) is 0 Å². The van der Waals surface area contributed by atoms with E-state index >= 15 is 0 Å². The molecule has 0 fully saturated rings. The van der Waals surface area contributed by atoms with E-state index in [1.807, 2.05) is 24.3 Å². The lowest BCUT2D eigenvalue weighted by Crippen LogP contribution is -2.25. The quantitative estimate of drug-likeness (QED) is 0.593. The number of esters is 2. The fourth-order valence-corrected chi connectivity index (χ4v) is 1.42. The van der Waals surface area contributed by atoms with Crippen LogP contribution in [0.25, 0.3) is 0 Å². The number of carbonyl (C=O) groups is 2. The van der Waals surface area contributed by atoms with Crippen molar-refractivity contribution in [3.8, 4) is 11.5 Å². The van der Waals surface area contributed by atoms with E-state index in [4.69, 9.17) is 9.47 Å². The van der Waals surface area contributed by atoms with Crippen molar-refractivity contribution in [2.24, 2.45) is 5.92 Å². The summed E-state index contributed by atoms with van der Waals surface area (Å²) in [7, 11) is 3.25. The summed E-state index contributed by atoms with van der Waals surface area (Å²) in [6.45, 7) is 5.41. The third kappa shape index (κ3) is 6.97. The van der Waals surface area contributed by atoms with Crippen molar-refractivity contribution in [3.05, 3.63) is 24.3 Å². The molecule has 0 N–H and O–H groups in total. The number of ether oxygens (including phenoxy) is 4. The number of rotatable bonds is 6. The number of benzene rings is 1. The van der Waals surface area contributed by atoms with Crippen LogP contribution < -0.4 is 9.47 Å². The summed E-state index contributed by atoms with van der Waals surface area (Å²) in [4.78, 5) is 21.9. The summed E-state index contributed by atoms with van der Waals surface area (Å²) in [5, 5.41) is 0. The zero-order valence-electron chi connectivity index (χ0n) is 13.8. The average Bonchev–Trinajstić information content (AvgIpc) is 2.55. The first kappa shape index (κ1) is 19.8. The van der Waals surface area contributed by atoms with Gasteiger partial charge in [-0.15, -0.1) is 0 Å². The minimum atomic E-state index is -0.815. The SMILES string of the molecule is CCOC(=O)C(C)C(=O)OCC.COc1ccccc1OC. The molecule has 0 saturated carbocycles. The first-order chi connectivity index (χ1) is 10.5. The molecular weight excluding hydrogens is 288 g/mol. The van der Waals surface area contributed by atoms with Crippen molar-refractivity contribution in [2.45, 2.75) is 20.8 Å². The molecule has 0 aromatic heterocycles. The molecule has 124 valence electrons. The Hall–Kier alpha value is -2.24. The molecule has 0 aliphatic heterocycles. The van der Waals surface area contributed by atoms with E-state index in [9.17, 15) is 9.59 Å². The summed E-state index contributed by atoms with van der Waals surface area (Å²) < 4.78 is 19.3. The smallest absolute Gasteiger partial charge is 0.320 e. The average molecular weight is 312 g/mol. The molecule has 0 radical (unpaired) electrons.